The van der Waals surface area contributed by atoms with E-state index in [1.54, 1.807) is 11.1 Å². The van der Waals surface area contributed by atoms with Gasteiger partial charge in [0, 0.05) is 11.9 Å². The Labute approximate surface area is 116 Å². The summed E-state index contributed by atoms with van der Waals surface area (Å²) in [5.41, 5.74) is 3.14. The summed E-state index contributed by atoms with van der Waals surface area (Å²) in [6.07, 6.45) is 5.00. The van der Waals surface area contributed by atoms with Gasteiger partial charge in [-0.05, 0) is 63.2 Å². The molecule has 0 aliphatic heterocycles. The molecule has 1 aliphatic carbocycles. The Bertz CT molecular complexity index is 375. The highest BCUT2D eigenvalue weighted by Gasteiger charge is 2.20. The van der Waals surface area contributed by atoms with Crippen molar-refractivity contribution in [3.05, 3.63) is 35.4 Å². The number of hydrogen-bond acceptors (Lipinski definition) is 1. The van der Waals surface area contributed by atoms with Gasteiger partial charge in [0.15, 0.2) is 0 Å². The Balaban J connectivity index is 1.94. The maximum absolute atomic E-state index is 6.02. The van der Waals surface area contributed by atoms with E-state index in [-0.39, 0.29) is 5.38 Å². The van der Waals surface area contributed by atoms with Crippen LogP contribution in [-0.2, 0) is 6.42 Å². The van der Waals surface area contributed by atoms with Crippen LogP contribution < -0.4 is 0 Å². The quantitative estimate of drug-likeness (QED) is 0.726. The Hall–Kier alpha value is -0.530. The zero-order chi connectivity index (χ0) is 13.0. The standard InChI is InChI=1S/C16H24ClN/c1-13(17)10-11-18(2)12-15-8-5-7-14-6-3-4-9-16(14)15/h3-4,6,9,13,15H,5,7-8,10-12H2,1-2H3. The fraction of sp³-hybridized carbons (Fsp3) is 0.625. The van der Waals surface area contributed by atoms with Crippen LogP contribution in [0.5, 0.6) is 0 Å². The molecule has 0 saturated heterocycles. The van der Waals surface area contributed by atoms with Gasteiger partial charge in [-0.2, -0.15) is 0 Å². The summed E-state index contributed by atoms with van der Waals surface area (Å²) in [4.78, 5) is 2.44. The molecule has 0 amide bonds. The maximum atomic E-state index is 6.02. The molecule has 18 heavy (non-hydrogen) atoms. The van der Waals surface area contributed by atoms with Crippen molar-refractivity contribution < 1.29 is 0 Å². The predicted molar refractivity (Wildman–Crippen MR) is 79.6 cm³/mol. The summed E-state index contributed by atoms with van der Waals surface area (Å²) < 4.78 is 0. The van der Waals surface area contributed by atoms with Crippen LogP contribution >= 0.6 is 11.6 Å². The lowest BCUT2D eigenvalue weighted by Crippen LogP contribution is -2.28. The lowest BCUT2D eigenvalue weighted by atomic mass is 9.82. The SMILES string of the molecule is CC(Cl)CCN(C)CC1CCCc2ccccc21. The number of alkyl halides is 1. The minimum Gasteiger partial charge on any atom is -0.306 e. The molecule has 0 spiro atoms. The van der Waals surface area contributed by atoms with Crippen LogP contribution in [0.25, 0.3) is 0 Å². The van der Waals surface area contributed by atoms with Gasteiger partial charge < -0.3 is 4.90 Å². The van der Waals surface area contributed by atoms with E-state index in [9.17, 15) is 0 Å². The zero-order valence-corrected chi connectivity index (χ0v) is 12.3. The second-order valence-electron chi connectivity index (χ2n) is 5.62. The maximum Gasteiger partial charge on any atom is 0.0320 e. The molecule has 1 aliphatic rings. The second-order valence-corrected chi connectivity index (χ2v) is 6.36. The fourth-order valence-corrected chi connectivity index (χ4v) is 3.01. The number of likely N-dealkylation sites (N-methyl/N-ethyl adjacent to an activating group) is 1. The van der Waals surface area contributed by atoms with E-state index in [1.165, 1.54) is 25.8 Å². The van der Waals surface area contributed by atoms with Gasteiger partial charge in [-0.25, -0.2) is 0 Å². The second kappa shape index (κ2) is 6.58. The van der Waals surface area contributed by atoms with Crippen molar-refractivity contribution in [2.45, 2.75) is 43.9 Å². The third-order valence-electron chi connectivity index (χ3n) is 3.93. The van der Waals surface area contributed by atoms with Gasteiger partial charge in [-0.1, -0.05) is 24.3 Å². The van der Waals surface area contributed by atoms with Gasteiger partial charge >= 0.3 is 0 Å². The summed E-state index contributed by atoms with van der Waals surface area (Å²) in [6.45, 7) is 4.34. The van der Waals surface area contributed by atoms with E-state index >= 15 is 0 Å². The van der Waals surface area contributed by atoms with Crippen molar-refractivity contribution >= 4 is 11.6 Å². The summed E-state index contributed by atoms with van der Waals surface area (Å²) >= 11 is 6.02. The number of hydrogen-bond donors (Lipinski definition) is 0. The minimum atomic E-state index is 0.283. The van der Waals surface area contributed by atoms with E-state index in [0.717, 1.165) is 13.0 Å². The summed E-state index contributed by atoms with van der Waals surface area (Å²) in [6, 6.07) is 8.96. The molecule has 0 aromatic heterocycles. The smallest absolute Gasteiger partial charge is 0.0320 e. The molecule has 2 heteroatoms. The molecule has 0 radical (unpaired) electrons. The number of halogens is 1. The van der Waals surface area contributed by atoms with Gasteiger partial charge in [0.1, 0.15) is 0 Å². The largest absolute Gasteiger partial charge is 0.306 e. The van der Waals surface area contributed by atoms with Crippen molar-refractivity contribution in [2.75, 3.05) is 20.1 Å². The highest BCUT2D eigenvalue weighted by Crippen LogP contribution is 2.31. The molecule has 2 unspecified atom stereocenters. The predicted octanol–water partition coefficient (Wildman–Crippen LogP) is 4.06. The monoisotopic (exact) mass is 265 g/mol. The molecule has 100 valence electrons. The Morgan fingerprint density at radius 2 is 2.17 bits per heavy atom. The van der Waals surface area contributed by atoms with Gasteiger partial charge in [0.2, 0.25) is 0 Å². The Kier molecular flexibility index (Phi) is 5.08. The molecular formula is C16H24ClN. The first-order chi connectivity index (χ1) is 8.66. The van der Waals surface area contributed by atoms with Crippen molar-refractivity contribution in [1.29, 1.82) is 0 Å². The van der Waals surface area contributed by atoms with Crippen LogP contribution in [0.3, 0.4) is 0 Å². The molecular weight excluding hydrogens is 242 g/mol. The van der Waals surface area contributed by atoms with E-state index in [0.29, 0.717) is 5.92 Å². The molecule has 1 nitrogen and oxygen atoms in total. The third kappa shape index (κ3) is 3.73. The number of benzene rings is 1. The number of aryl methyl sites for hydroxylation is 1. The molecule has 0 heterocycles. The zero-order valence-electron chi connectivity index (χ0n) is 11.5. The topological polar surface area (TPSA) is 3.24 Å². The van der Waals surface area contributed by atoms with E-state index in [4.69, 9.17) is 11.6 Å². The normalized spacial score (nSPS) is 20.8. The highest BCUT2D eigenvalue weighted by atomic mass is 35.5. The molecule has 2 atom stereocenters. The molecule has 0 N–H and O–H groups in total. The number of rotatable bonds is 5. The van der Waals surface area contributed by atoms with Crippen LogP contribution in [0, 0.1) is 0 Å². The van der Waals surface area contributed by atoms with Gasteiger partial charge in [0.25, 0.3) is 0 Å². The highest BCUT2D eigenvalue weighted by molar-refractivity contribution is 6.20. The fourth-order valence-electron chi connectivity index (χ4n) is 2.91. The van der Waals surface area contributed by atoms with Crippen molar-refractivity contribution in [3.8, 4) is 0 Å². The third-order valence-corrected chi connectivity index (χ3v) is 4.15. The molecule has 0 bridgehead atoms. The first kappa shape index (κ1) is 13.9. The van der Waals surface area contributed by atoms with Crippen molar-refractivity contribution in [1.82, 2.24) is 4.90 Å². The molecule has 0 fully saturated rings. The summed E-state index contributed by atoms with van der Waals surface area (Å²) in [7, 11) is 2.22. The van der Waals surface area contributed by atoms with Crippen LogP contribution in [-0.4, -0.2) is 30.4 Å². The lowest BCUT2D eigenvalue weighted by molar-refractivity contribution is 0.294. The van der Waals surface area contributed by atoms with E-state index in [2.05, 4.69) is 43.1 Å². The number of nitrogens with zero attached hydrogens (tertiary/aromatic N) is 1. The van der Waals surface area contributed by atoms with Crippen molar-refractivity contribution in [2.24, 2.45) is 0 Å². The van der Waals surface area contributed by atoms with Gasteiger partial charge in [0.05, 0.1) is 0 Å². The van der Waals surface area contributed by atoms with Gasteiger partial charge in [-0.15, -0.1) is 11.6 Å². The van der Waals surface area contributed by atoms with E-state index in [1.807, 2.05) is 0 Å². The molecule has 0 saturated carbocycles. The van der Waals surface area contributed by atoms with Gasteiger partial charge in [-0.3, -0.25) is 0 Å². The lowest BCUT2D eigenvalue weighted by Gasteiger charge is -2.29. The van der Waals surface area contributed by atoms with E-state index < -0.39 is 0 Å². The first-order valence-corrected chi connectivity index (χ1v) is 7.51. The average molecular weight is 266 g/mol. The number of fused-ring (bicyclic) bond motifs is 1. The Morgan fingerprint density at radius 1 is 1.39 bits per heavy atom. The van der Waals surface area contributed by atoms with Crippen LogP contribution in [0.15, 0.2) is 24.3 Å². The minimum absolute atomic E-state index is 0.283. The Morgan fingerprint density at radius 3 is 2.94 bits per heavy atom. The average Bonchev–Trinajstić information content (AvgIpc) is 2.37. The van der Waals surface area contributed by atoms with Crippen LogP contribution in [0.1, 0.15) is 43.2 Å². The molecule has 1 aromatic rings. The first-order valence-electron chi connectivity index (χ1n) is 7.07. The summed E-state index contributed by atoms with van der Waals surface area (Å²) in [5, 5.41) is 0.283. The molecule has 1 aromatic carbocycles. The summed E-state index contributed by atoms with van der Waals surface area (Å²) in [5.74, 6) is 0.714. The van der Waals surface area contributed by atoms with Crippen molar-refractivity contribution in [3.63, 3.8) is 0 Å². The van der Waals surface area contributed by atoms with Crippen LogP contribution in [0.4, 0.5) is 0 Å². The van der Waals surface area contributed by atoms with Crippen LogP contribution in [0.2, 0.25) is 0 Å². The molecule has 2 rings (SSSR count).